The summed E-state index contributed by atoms with van der Waals surface area (Å²) >= 11 is 0. The zero-order chi connectivity index (χ0) is 23.0. The summed E-state index contributed by atoms with van der Waals surface area (Å²) in [5, 5.41) is 6.91. The highest BCUT2D eigenvalue weighted by atomic mass is 32.2. The molecule has 0 spiro atoms. The molecule has 3 rings (SSSR count). The lowest BCUT2D eigenvalue weighted by Gasteiger charge is -2.32. The molecule has 1 unspecified atom stereocenters. The number of amides is 1. The fraction of sp³-hybridized carbons (Fsp3) is 0.591. The maximum Gasteiger partial charge on any atom is 0.252 e. The predicted molar refractivity (Wildman–Crippen MR) is 117 cm³/mol. The first-order chi connectivity index (χ1) is 14.3. The van der Waals surface area contributed by atoms with Crippen molar-refractivity contribution in [2.75, 3.05) is 6.54 Å². The molecule has 1 saturated heterocycles. The van der Waals surface area contributed by atoms with Gasteiger partial charge in [0.05, 0.1) is 10.4 Å². The second-order valence-corrected chi connectivity index (χ2v) is 11.6. The van der Waals surface area contributed by atoms with Crippen LogP contribution in [0.2, 0.25) is 0 Å². The number of benzene rings is 1. The van der Waals surface area contributed by atoms with Gasteiger partial charge in [-0.05, 0) is 51.8 Å². The SMILES string of the molecule is CC1CCCCN1S(=O)(=O)c1cccc(C(=O)NC(C)(C)c2noc(C(C)(C)C)n2)c1. The lowest BCUT2D eigenvalue weighted by molar-refractivity contribution is 0.0907. The first-order valence-electron chi connectivity index (χ1n) is 10.6. The molecule has 1 N–H and O–H groups in total. The molecule has 1 fully saturated rings. The Morgan fingerprint density at radius 3 is 2.52 bits per heavy atom. The molecule has 9 heteroatoms. The molecule has 1 aliphatic heterocycles. The Balaban J connectivity index is 1.82. The summed E-state index contributed by atoms with van der Waals surface area (Å²) in [7, 11) is -3.66. The fourth-order valence-electron chi connectivity index (χ4n) is 3.56. The molecule has 170 valence electrons. The Morgan fingerprint density at radius 1 is 1.19 bits per heavy atom. The molecule has 1 atom stereocenters. The number of nitrogens with zero attached hydrogens (tertiary/aromatic N) is 3. The zero-order valence-electron chi connectivity index (χ0n) is 19.1. The number of nitrogens with one attached hydrogen (secondary N) is 1. The van der Waals surface area contributed by atoms with Gasteiger partial charge in [-0.1, -0.05) is 38.4 Å². The summed E-state index contributed by atoms with van der Waals surface area (Å²) in [6, 6.07) is 6.10. The number of sulfonamides is 1. The van der Waals surface area contributed by atoms with Crippen LogP contribution < -0.4 is 5.32 Å². The van der Waals surface area contributed by atoms with E-state index >= 15 is 0 Å². The van der Waals surface area contributed by atoms with Crippen LogP contribution in [0.3, 0.4) is 0 Å². The largest absolute Gasteiger partial charge is 0.340 e. The van der Waals surface area contributed by atoms with Crippen LogP contribution in [0.15, 0.2) is 33.7 Å². The third-order valence-corrected chi connectivity index (χ3v) is 7.51. The van der Waals surface area contributed by atoms with Gasteiger partial charge < -0.3 is 9.84 Å². The highest BCUT2D eigenvalue weighted by Crippen LogP contribution is 2.27. The minimum absolute atomic E-state index is 0.0505. The molecule has 0 bridgehead atoms. The van der Waals surface area contributed by atoms with Crippen LogP contribution in [0.5, 0.6) is 0 Å². The molecule has 31 heavy (non-hydrogen) atoms. The standard InChI is InChI=1S/C22H32N4O4S/c1-15-10-7-8-13-26(15)31(28,29)17-12-9-11-16(14-17)18(27)24-22(5,6)19-23-20(30-25-19)21(2,3)4/h9,11-12,14-15H,7-8,10,13H2,1-6H3,(H,24,27). The minimum atomic E-state index is -3.66. The Bertz CT molecular complexity index is 1050. The van der Waals surface area contributed by atoms with Crippen LogP contribution in [0, 0.1) is 0 Å². The van der Waals surface area contributed by atoms with Gasteiger partial charge in [-0.3, -0.25) is 4.79 Å². The van der Waals surface area contributed by atoms with Crippen molar-refractivity contribution >= 4 is 15.9 Å². The van der Waals surface area contributed by atoms with E-state index < -0.39 is 21.5 Å². The average molecular weight is 449 g/mol. The van der Waals surface area contributed by atoms with Crippen molar-refractivity contribution in [2.24, 2.45) is 0 Å². The first kappa shape index (κ1) is 23.4. The number of piperidine rings is 1. The van der Waals surface area contributed by atoms with Crippen LogP contribution in [0.25, 0.3) is 0 Å². The van der Waals surface area contributed by atoms with Gasteiger partial charge in [-0.15, -0.1) is 0 Å². The van der Waals surface area contributed by atoms with E-state index in [4.69, 9.17) is 4.52 Å². The van der Waals surface area contributed by atoms with E-state index in [1.54, 1.807) is 26.0 Å². The Morgan fingerprint density at radius 2 is 1.90 bits per heavy atom. The van der Waals surface area contributed by atoms with Crippen LogP contribution in [-0.4, -0.2) is 41.4 Å². The van der Waals surface area contributed by atoms with Crippen molar-refractivity contribution in [2.45, 2.75) is 82.7 Å². The van der Waals surface area contributed by atoms with E-state index in [-0.39, 0.29) is 21.9 Å². The third kappa shape index (κ3) is 4.98. The molecule has 2 heterocycles. The molecule has 0 radical (unpaired) electrons. The van der Waals surface area contributed by atoms with Gasteiger partial charge in [0, 0.05) is 23.6 Å². The van der Waals surface area contributed by atoms with Gasteiger partial charge >= 0.3 is 0 Å². The second kappa shape index (κ2) is 8.35. The molecule has 1 aliphatic rings. The van der Waals surface area contributed by atoms with Crippen molar-refractivity contribution in [3.05, 3.63) is 41.5 Å². The maximum absolute atomic E-state index is 13.1. The number of carbonyl (C=O) groups excluding carboxylic acids is 1. The molecule has 0 saturated carbocycles. The lowest BCUT2D eigenvalue weighted by atomic mass is 9.97. The van der Waals surface area contributed by atoms with Gasteiger partial charge in [0.15, 0.2) is 5.82 Å². The summed E-state index contributed by atoms with van der Waals surface area (Å²) in [4.78, 5) is 17.5. The summed E-state index contributed by atoms with van der Waals surface area (Å²) in [6.07, 6.45) is 2.71. The maximum atomic E-state index is 13.1. The smallest absolute Gasteiger partial charge is 0.252 e. The van der Waals surface area contributed by atoms with E-state index in [9.17, 15) is 13.2 Å². The van der Waals surface area contributed by atoms with E-state index in [0.717, 1.165) is 19.3 Å². The highest BCUT2D eigenvalue weighted by Gasteiger charge is 2.33. The normalized spacial score (nSPS) is 18.7. The summed E-state index contributed by atoms with van der Waals surface area (Å²) in [6.45, 7) is 11.9. The average Bonchev–Trinajstić information content (AvgIpc) is 3.20. The number of hydrogen-bond acceptors (Lipinski definition) is 6. The summed E-state index contributed by atoms with van der Waals surface area (Å²) in [5.41, 5.74) is -0.946. The monoisotopic (exact) mass is 448 g/mol. The number of aromatic nitrogens is 2. The third-order valence-electron chi connectivity index (χ3n) is 5.50. The van der Waals surface area contributed by atoms with Crippen LogP contribution in [0.1, 0.15) is 82.9 Å². The van der Waals surface area contributed by atoms with Gasteiger partial charge in [0.2, 0.25) is 15.9 Å². The molecule has 1 aromatic carbocycles. The quantitative estimate of drug-likeness (QED) is 0.749. The number of carbonyl (C=O) groups is 1. The zero-order valence-corrected chi connectivity index (χ0v) is 19.9. The van der Waals surface area contributed by atoms with Crippen LogP contribution in [0.4, 0.5) is 0 Å². The van der Waals surface area contributed by atoms with Gasteiger partial charge in [0.1, 0.15) is 0 Å². The molecular weight excluding hydrogens is 416 g/mol. The van der Waals surface area contributed by atoms with Crippen molar-refractivity contribution < 1.29 is 17.7 Å². The second-order valence-electron chi connectivity index (χ2n) is 9.74. The Kier molecular flexibility index (Phi) is 6.30. The van der Waals surface area contributed by atoms with Crippen molar-refractivity contribution in [3.63, 3.8) is 0 Å². The number of hydrogen-bond donors (Lipinski definition) is 1. The summed E-state index contributed by atoms with van der Waals surface area (Å²) < 4.78 is 33.2. The van der Waals surface area contributed by atoms with Gasteiger partial charge in [-0.2, -0.15) is 9.29 Å². The van der Waals surface area contributed by atoms with Gasteiger partial charge in [-0.25, -0.2) is 8.42 Å². The van der Waals surface area contributed by atoms with Gasteiger partial charge in [0.25, 0.3) is 5.91 Å². The van der Waals surface area contributed by atoms with E-state index in [2.05, 4.69) is 15.5 Å². The lowest BCUT2D eigenvalue weighted by Crippen LogP contribution is -2.43. The Hall–Kier alpha value is -2.26. The number of rotatable bonds is 5. The fourth-order valence-corrected chi connectivity index (χ4v) is 5.30. The molecular formula is C22H32N4O4S. The van der Waals surface area contributed by atoms with Crippen LogP contribution in [-0.2, 0) is 21.0 Å². The first-order valence-corrected chi connectivity index (χ1v) is 12.1. The summed E-state index contributed by atoms with van der Waals surface area (Å²) in [5.74, 6) is 0.432. The van der Waals surface area contributed by atoms with E-state index in [0.29, 0.717) is 18.3 Å². The highest BCUT2D eigenvalue weighted by molar-refractivity contribution is 7.89. The minimum Gasteiger partial charge on any atom is -0.340 e. The van der Waals surface area contributed by atoms with Crippen LogP contribution >= 0.6 is 0 Å². The molecule has 1 aromatic heterocycles. The molecule has 0 aliphatic carbocycles. The molecule has 1 amide bonds. The molecule has 8 nitrogen and oxygen atoms in total. The van der Waals surface area contributed by atoms with E-state index in [1.165, 1.54) is 16.4 Å². The van der Waals surface area contributed by atoms with Crippen molar-refractivity contribution in [3.8, 4) is 0 Å². The van der Waals surface area contributed by atoms with E-state index in [1.807, 2.05) is 27.7 Å². The Labute approximate surface area is 184 Å². The predicted octanol–water partition coefficient (Wildman–Crippen LogP) is 3.60. The topological polar surface area (TPSA) is 105 Å². The van der Waals surface area contributed by atoms with Crippen molar-refractivity contribution in [1.29, 1.82) is 0 Å². The molecule has 2 aromatic rings. The van der Waals surface area contributed by atoms with Crippen molar-refractivity contribution in [1.82, 2.24) is 19.8 Å².